The van der Waals surface area contributed by atoms with E-state index in [4.69, 9.17) is 0 Å². The monoisotopic (exact) mass is 279 g/mol. The van der Waals surface area contributed by atoms with Crippen molar-refractivity contribution in [3.05, 3.63) is 29.8 Å². The standard InChI is InChI=1S/C16H26FN3/c1-4-5-15-11-20(16(9-19-15)12(2)3)10-13-6-14(17)8-18-7-13/h6-8,12,15-16,19H,4-5,9-11H2,1-3H3. The quantitative estimate of drug-likeness (QED) is 0.898. The summed E-state index contributed by atoms with van der Waals surface area (Å²) in [4.78, 5) is 6.44. The molecule has 2 unspecified atom stereocenters. The van der Waals surface area contributed by atoms with E-state index in [1.807, 2.05) is 0 Å². The van der Waals surface area contributed by atoms with E-state index >= 15 is 0 Å². The second-order valence-electron chi connectivity index (χ2n) is 6.15. The highest BCUT2D eigenvalue weighted by Crippen LogP contribution is 2.19. The lowest BCUT2D eigenvalue weighted by atomic mass is 9.96. The van der Waals surface area contributed by atoms with E-state index in [0.717, 1.165) is 25.2 Å². The number of aromatic nitrogens is 1. The maximum atomic E-state index is 13.3. The zero-order valence-corrected chi connectivity index (χ0v) is 12.8. The number of rotatable bonds is 5. The first kappa shape index (κ1) is 15.4. The molecule has 0 bridgehead atoms. The molecule has 3 nitrogen and oxygen atoms in total. The van der Waals surface area contributed by atoms with E-state index in [-0.39, 0.29) is 5.82 Å². The van der Waals surface area contributed by atoms with Crippen molar-refractivity contribution >= 4 is 0 Å². The van der Waals surface area contributed by atoms with Crippen LogP contribution in [0.2, 0.25) is 0 Å². The summed E-state index contributed by atoms with van der Waals surface area (Å²) in [5.74, 6) is 0.343. The number of nitrogens with one attached hydrogen (secondary N) is 1. The minimum atomic E-state index is -0.246. The third-order valence-electron chi connectivity index (χ3n) is 4.09. The minimum absolute atomic E-state index is 0.246. The molecule has 2 heterocycles. The van der Waals surface area contributed by atoms with Crippen LogP contribution in [0.5, 0.6) is 0 Å². The van der Waals surface area contributed by atoms with Crippen LogP contribution in [0.3, 0.4) is 0 Å². The van der Waals surface area contributed by atoms with Gasteiger partial charge in [0.05, 0.1) is 6.20 Å². The first-order valence-electron chi connectivity index (χ1n) is 7.67. The Morgan fingerprint density at radius 1 is 1.45 bits per heavy atom. The molecule has 20 heavy (non-hydrogen) atoms. The number of pyridine rings is 1. The van der Waals surface area contributed by atoms with Crippen molar-refractivity contribution in [2.75, 3.05) is 13.1 Å². The molecule has 2 rings (SSSR count). The molecule has 0 aliphatic carbocycles. The van der Waals surface area contributed by atoms with Crippen LogP contribution < -0.4 is 5.32 Å². The Morgan fingerprint density at radius 3 is 2.90 bits per heavy atom. The zero-order chi connectivity index (χ0) is 14.5. The second-order valence-corrected chi connectivity index (χ2v) is 6.15. The van der Waals surface area contributed by atoms with Crippen molar-refractivity contribution in [3.8, 4) is 0 Å². The molecule has 1 saturated heterocycles. The van der Waals surface area contributed by atoms with Crippen LogP contribution >= 0.6 is 0 Å². The summed E-state index contributed by atoms with van der Waals surface area (Å²) in [7, 11) is 0. The molecular weight excluding hydrogens is 253 g/mol. The maximum Gasteiger partial charge on any atom is 0.141 e. The molecule has 2 atom stereocenters. The van der Waals surface area contributed by atoms with Crippen molar-refractivity contribution in [2.45, 2.75) is 52.2 Å². The average molecular weight is 279 g/mol. The molecule has 4 heteroatoms. The van der Waals surface area contributed by atoms with Gasteiger partial charge in [0.2, 0.25) is 0 Å². The highest BCUT2D eigenvalue weighted by molar-refractivity contribution is 5.10. The third-order valence-corrected chi connectivity index (χ3v) is 4.09. The van der Waals surface area contributed by atoms with E-state index in [1.54, 1.807) is 12.3 Å². The molecule has 0 spiro atoms. The Balaban J connectivity index is 2.06. The topological polar surface area (TPSA) is 28.2 Å². The van der Waals surface area contributed by atoms with Gasteiger partial charge in [-0.05, 0) is 24.0 Å². The molecule has 1 fully saturated rings. The van der Waals surface area contributed by atoms with Crippen molar-refractivity contribution in [1.82, 2.24) is 15.2 Å². The van der Waals surface area contributed by atoms with Crippen LogP contribution in [-0.2, 0) is 6.54 Å². The van der Waals surface area contributed by atoms with Gasteiger partial charge in [0.25, 0.3) is 0 Å². The zero-order valence-electron chi connectivity index (χ0n) is 12.8. The lowest BCUT2D eigenvalue weighted by Gasteiger charge is -2.42. The van der Waals surface area contributed by atoms with Gasteiger partial charge in [-0.1, -0.05) is 27.2 Å². The molecule has 0 saturated carbocycles. The fraction of sp³-hybridized carbons (Fsp3) is 0.688. The predicted molar refractivity (Wildman–Crippen MR) is 79.9 cm³/mol. The summed E-state index contributed by atoms with van der Waals surface area (Å²) in [6.07, 6.45) is 5.43. The molecule has 1 aliphatic heterocycles. The SMILES string of the molecule is CCCC1CN(Cc2cncc(F)c2)C(C(C)C)CN1. The van der Waals surface area contributed by atoms with Crippen molar-refractivity contribution in [3.63, 3.8) is 0 Å². The Bertz CT molecular complexity index is 422. The summed E-state index contributed by atoms with van der Waals surface area (Å²) >= 11 is 0. The Hall–Kier alpha value is -1.00. The molecule has 1 N–H and O–H groups in total. The molecule has 1 aromatic rings. The van der Waals surface area contributed by atoms with Crippen molar-refractivity contribution < 1.29 is 4.39 Å². The summed E-state index contributed by atoms with van der Waals surface area (Å²) in [6.45, 7) is 9.57. The minimum Gasteiger partial charge on any atom is -0.311 e. The Morgan fingerprint density at radius 2 is 2.25 bits per heavy atom. The van der Waals surface area contributed by atoms with Crippen molar-refractivity contribution in [1.29, 1.82) is 0 Å². The van der Waals surface area contributed by atoms with E-state index in [9.17, 15) is 4.39 Å². The number of halogens is 1. The number of hydrogen-bond acceptors (Lipinski definition) is 3. The highest BCUT2D eigenvalue weighted by atomic mass is 19.1. The van der Waals surface area contributed by atoms with Crippen LogP contribution in [0.15, 0.2) is 18.5 Å². The fourth-order valence-corrected chi connectivity index (χ4v) is 3.06. The Kier molecular flexibility index (Phi) is 5.49. The van der Waals surface area contributed by atoms with Gasteiger partial charge in [-0.3, -0.25) is 9.88 Å². The van der Waals surface area contributed by atoms with Gasteiger partial charge in [0.15, 0.2) is 0 Å². The molecule has 112 valence electrons. The number of piperazine rings is 1. The van der Waals surface area contributed by atoms with E-state index < -0.39 is 0 Å². The van der Waals surface area contributed by atoms with Gasteiger partial charge in [-0.25, -0.2) is 4.39 Å². The van der Waals surface area contributed by atoms with E-state index in [2.05, 4.69) is 36.0 Å². The lowest BCUT2D eigenvalue weighted by molar-refractivity contribution is 0.0883. The summed E-state index contributed by atoms with van der Waals surface area (Å²) < 4.78 is 13.3. The smallest absolute Gasteiger partial charge is 0.141 e. The van der Waals surface area contributed by atoms with Gasteiger partial charge >= 0.3 is 0 Å². The van der Waals surface area contributed by atoms with Gasteiger partial charge in [-0.15, -0.1) is 0 Å². The number of nitrogens with zero attached hydrogens (tertiary/aromatic N) is 2. The van der Waals surface area contributed by atoms with Gasteiger partial charge in [-0.2, -0.15) is 0 Å². The third kappa shape index (κ3) is 4.00. The molecule has 0 aromatic carbocycles. The normalized spacial score (nSPS) is 24.2. The van der Waals surface area contributed by atoms with Gasteiger partial charge in [0, 0.05) is 37.9 Å². The Labute approximate surface area is 121 Å². The number of hydrogen-bond donors (Lipinski definition) is 1. The lowest BCUT2D eigenvalue weighted by Crippen LogP contribution is -2.57. The van der Waals surface area contributed by atoms with Gasteiger partial charge < -0.3 is 5.32 Å². The molecule has 1 aliphatic rings. The van der Waals surface area contributed by atoms with Crippen LogP contribution in [0.4, 0.5) is 4.39 Å². The molecular formula is C16H26FN3. The first-order chi connectivity index (χ1) is 9.60. The van der Waals surface area contributed by atoms with Crippen LogP contribution in [0.1, 0.15) is 39.2 Å². The fourth-order valence-electron chi connectivity index (χ4n) is 3.06. The summed E-state index contributed by atoms with van der Waals surface area (Å²) in [5.41, 5.74) is 0.966. The molecule has 0 radical (unpaired) electrons. The average Bonchev–Trinajstić information content (AvgIpc) is 2.39. The summed E-state index contributed by atoms with van der Waals surface area (Å²) in [6, 6.07) is 2.66. The predicted octanol–water partition coefficient (Wildman–Crippen LogP) is 2.82. The molecule has 0 amide bonds. The van der Waals surface area contributed by atoms with E-state index in [1.165, 1.54) is 19.0 Å². The first-order valence-corrected chi connectivity index (χ1v) is 7.67. The maximum absolute atomic E-state index is 13.3. The van der Waals surface area contributed by atoms with Gasteiger partial charge in [0.1, 0.15) is 5.82 Å². The van der Waals surface area contributed by atoms with Crippen LogP contribution in [0, 0.1) is 11.7 Å². The van der Waals surface area contributed by atoms with Crippen molar-refractivity contribution in [2.24, 2.45) is 5.92 Å². The highest BCUT2D eigenvalue weighted by Gasteiger charge is 2.29. The molecule has 1 aromatic heterocycles. The largest absolute Gasteiger partial charge is 0.311 e. The van der Waals surface area contributed by atoms with Crippen LogP contribution in [0.25, 0.3) is 0 Å². The second kappa shape index (κ2) is 7.14. The summed E-state index contributed by atoms with van der Waals surface area (Å²) in [5, 5.41) is 3.65. The van der Waals surface area contributed by atoms with E-state index in [0.29, 0.717) is 18.0 Å². The van der Waals surface area contributed by atoms with Crippen LogP contribution in [-0.4, -0.2) is 35.1 Å².